The van der Waals surface area contributed by atoms with Gasteiger partial charge in [0.1, 0.15) is 6.10 Å². The van der Waals surface area contributed by atoms with E-state index in [0.717, 1.165) is 12.1 Å². The lowest BCUT2D eigenvalue weighted by atomic mass is 10.1. The topological polar surface area (TPSA) is 29.5 Å². The molecule has 4 heteroatoms. The molecule has 2 nitrogen and oxygen atoms in total. The molecule has 1 N–H and O–H groups in total. The van der Waals surface area contributed by atoms with Gasteiger partial charge in [0.05, 0.1) is 6.10 Å². The maximum atomic E-state index is 12.8. The van der Waals surface area contributed by atoms with E-state index in [4.69, 9.17) is 4.74 Å². The molecule has 0 aliphatic heterocycles. The van der Waals surface area contributed by atoms with E-state index in [0.29, 0.717) is 5.56 Å². The maximum absolute atomic E-state index is 12.8. The van der Waals surface area contributed by atoms with Crippen molar-refractivity contribution in [3.05, 3.63) is 35.4 Å². The van der Waals surface area contributed by atoms with Gasteiger partial charge in [-0.3, -0.25) is 0 Å². The van der Waals surface area contributed by atoms with Gasteiger partial charge in [0.15, 0.2) is 11.6 Å². The van der Waals surface area contributed by atoms with E-state index in [1.165, 1.54) is 13.2 Å². The van der Waals surface area contributed by atoms with Crippen LogP contribution in [0, 0.1) is 11.6 Å². The van der Waals surface area contributed by atoms with Crippen LogP contribution in [-0.2, 0) is 4.74 Å². The van der Waals surface area contributed by atoms with Gasteiger partial charge in [-0.2, -0.15) is 0 Å². The van der Waals surface area contributed by atoms with Crippen LogP contribution in [-0.4, -0.2) is 18.3 Å². The molecule has 0 radical (unpaired) electrons. The summed E-state index contributed by atoms with van der Waals surface area (Å²) in [6.07, 6.45) is -1.41. The third kappa shape index (κ3) is 2.27. The molecule has 1 aromatic carbocycles. The van der Waals surface area contributed by atoms with Crippen molar-refractivity contribution in [1.29, 1.82) is 0 Å². The van der Waals surface area contributed by atoms with E-state index in [2.05, 4.69) is 0 Å². The van der Waals surface area contributed by atoms with Gasteiger partial charge in [0, 0.05) is 7.11 Å². The fourth-order valence-electron chi connectivity index (χ4n) is 1.10. The number of rotatable bonds is 3. The van der Waals surface area contributed by atoms with E-state index in [9.17, 15) is 13.9 Å². The number of aliphatic hydroxyl groups excluding tert-OH is 1. The minimum absolute atomic E-state index is 0.304. The summed E-state index contributed by atoms with van der Waals surface area (Å²) in [7, 11) is 1.44. The average molecular weight is 202 g/mol. The molecule has 0 saturated carbocycles. The van der Waals surface area contributed by atoms with E-state index in [-0.39, 0.29) is 0 Å². The molecule has 1 aromatic rings. The fraction of sp³-hybridized carbons (Fsp3) is 0.400. The molecule has 0 heterocycles. The lowest BCUT2D eigenvalue weighted by Crippen LogP contribution is -2.17. The maximum Gasteiger partial charge on any atom is 0.159 e. The fourth-order valence-corrected chi connectivity index (χ4v) is 1.10. The van der Waals surface area contributed by atoms with Gasteiger partial charge in [-0.05, 0) is 24.6 Å². The largest absolute Gasteiger partial charge is 0.386 e. The first kappa shape index (κ1) is 11.1. The summed E-state index contributed by atoms with van der Waals surface area (Å²) >= 11 is 0. The molecule has 14 heavy (non-hydrogen) atoms. The second-order valence-electron chi connectivity index (χ2n) is 3.06. The van der Waals surface area contributed by atoms with Gasteiger partial charge in [-0.25, -0.2) is 8.78 Å². The summed E-state index contributed by atoms with van der Waals surface area (Å²) in [4.78, 5) is 0. The summed E-state index contributed by atoms with van der Waals surface area (Å²) in [6.45, 7) is 1.64. The van der Waals surface area contributed by atoms with Gasteiger partial charge in [0.2, 0.25) is 0 Å². The first-order valence-corrected chi connectivity index (χ1v) is 4.22. The summed E-state index contributed by atoms with van der Waals surface area (Å²) in [5, 5.41) is 9.59. The Morgan fingerprint density at radius 3 is 2.43 bits per heavy atom. The van der Waals surface area contributed by atoms with Gasteiger partial charge < -0.3 is 9.84 Å². The Balaban J connectivity index is 2.91. The number of benzene rings is 1. The van der Waals surface area contributed by atoms with Crippen LogP contribution in [0.5, 0.6) is 0 Å². The molecule has 78 valence electrons. The lowest BCUT2D eigenvalue weighted by Gasteiger charge is -2.17. The smallest absolute Gasteiger partial charge is 0.159 e. The normalized spacial score (nSPS) is 15.2. The Labute approximate surface area is 81.1 Å². The van der Waals surface area contributed by atoms with Gasteiger partial charge in [-0.1, -0.05) is 6.07 Å². The minimum Gasteiger partial charge on any atom is -0.386 e. The number of halogens is 2. The molecule has 0 amide bonds. The lowest BCUT2D eigenvalue weighted by molar-refractivity contribution is -0.00160. The van der Waals surface area contributed by atoms with E-state index in [1.54, 1.807) is 6.92 Å². The zero-order chi connectivity index (χ0) is 10.7. The van der Waals surface area contributed by atoms with E-state index < -0.39 is 23.8 Å². The van der Waals surface area contributed by atoms with Crippen LogP contribution in [0.4, 0.5) is 8.78 Å². The molecule has 2 atom stereocenters. The van der Waals surface area contributed by atoms with E-state index >= 15 is 0 Å². The highest BCUT2D eigenvalue weighted by Gasteiger charge is 2.17. The zero-order valence-electron chi connectivity index (χ0n) is 8.00. The zero-order valence-corrected chi connectivity index (χ0v) is 8.00. The van der Waals surface area contributed by atoms with Gasteiger partial charge in [-0.15, -0.1) is 0 Å². The molecule has 1 rings (SSSR count). The van der Waals surface area contributed by atoms with Crippen LogP contribution >= 0.6 is 0 Å². The SMILES string of the molecule is COC(C)C(O)c1ccc(F)c(F)c1. The molecule has 2 unspecified atom stereocenters. The molecule has 0 aliphatic rings. The van der Waals surface area contributed by atoms with Crippen molar-refractivity contribution in [2.45, 2.75) is 19.1 Å². The summed E-state index contributed by atoms with van der Waals surface area (Å²) in [6, 6.07) is 3.28. The third-order valence-corrected chi connectivity index (χ3v) is 2.10. The number of hydrogen-bond acceptors (Lipinski definition) is 2. The van der Waals surface area contributed by atoms with Crippen LogP contribution in [0.3, 0.4) is 0 Å². The van der Waals surface area contributed by atoms with Crippen LogP contribution in [0.25, 0.3) is 0 Å². The van der Waals surface area contributed by atoms with Crippen LogP contribution in [0.15, 0.2) is 18.2 Å². The number of methoxy groups -OCH3 is 1. The first-order valence-electron chi connectivity index (χ1n) is 4.22. The predicted octanol–water partition coefficient (Wildman–Crippen LogP) is 2.03. The molecular formula is C10H12F2O2. The van der Waals surface area contributed by atoms with Crippen LogP contribution < -0.4 is 0 Å². The minimum atomic E-state index is -0.968. The highest BCUT2D eigenvalue weighted by atomic mass is 19.2. The Bertz CT molecular complexity index is 315. The monoisotopic (exact) mass is 202 g/mol. The number of ether oxygens (including phenoxy) is 1. The van der Waals surface area contributed by atoms with Crippen LogP contribution in [0.2, 0.25) is 0 Å². The summed E-state index contributed by atoms with van der Waals surface area (Å²) in [5.74, 6) is -1.89. The molecule has 0 aromatic heterocycles. The predicted molar refractivity (Wildman–Crippen MR) is 47.8 cm³/mol. The second-order valence-corrected chi connectivity index (χ2v) is 3.06. The molecule has 0 aliphatic carbocycles. The van der Waals surface area contributed by atoms with Crippen LogP contribution in [0.1, 0.15) is 18.6 Å². The van der Waals surface area contributed by atoms with Crippen molar-refractivity contribution in [1.82, 2.24) is 0 Å². The molecule has 0 bridgehead atoms. The Morgan fingerprint density at radius 2 is 1.93 bits per heavy atom. The van der Waals surface area contributed by atoms with Crippen molar-refractivity contribution in [2.75, 3.05) is 7.11 Å². The Morgan fingerprint density at radius 1 is 1.29 bits per heavy atom. The Hall–Kier alpha value is -1.00. The molecule has 0 fully saturated rings. The highest BCUT2D eigenvalue weighted by molar-refractivity contribution is 5.20. The van der Waals surface area contributed by atoms with Crippen molar-refractivity contribution in [3.8, 4) is 0 Å². The molecular weight excluding hydrogens is 190 g/mol. The highest BCUT2D eigenvalue weighted by Crippen LogP contribution is 2.20. The first-order chi connectivity index (χ1) is 6.56. The average Bonchev–Trinajstić information content (AvgIpc) is 2.20. The van der Waals surface area contributed by atoms with E-state index in [1.807, 2.05) is 0 Å². The van der Waals surface area contributed by atoms with Crippen molar-refractivity contribution in [3.63, 3.8) is 0 Å². The molecule has 0 spiro atoms. The number of hydrogen-bond donors (Lipinski definition) is 1. The van der Waals surface area contributed by atoms with Crippen molar-refractivity contribution >= 4 is 0 Å². The van der Waals surface area contributed by atoms with Crippen molar-refractivity contribution in [2.24, 2.45) is 0 Å². The molecule has 0 saturated heterocycles. The third-order valence-electron chi connectivity index (χ3n) is 2.10. The summed E-state index contributed by atoms with van der Waals surface area (Å²) in [5.41, 5.74) is 0.304. The van der Waals surface area contributed by atoms with Gasteiger partial charge >= 0.3 is 0 Å². The van der Waals surface area contributed by atoms with Gasteiger partial charge in [0.25, 0.3) is 0 Å². The number of aliphatic hydroxyl groups is 1. The van der Waals surface area contributed by atoms with Crippen molar-refractivity contribution < 1.29 is 18.6 Å². The quantitative estimate of drug-likeness (QED) is 0.812. The standard InChI is InChI=1S/C10H12F2O2/c1-6(14-2)10(13)7-3-4-8(11)9(12)5-7/h3-6,10,13H,1-2H3. The second kappa shape index (κ2) is 4.48. The summed E-state index contributed by atoms with van der Waals surface area (Å²) < 4.78 is 30.2. The Kier molecular flexibility index (Phi) is 3.55.